The van der Waals surface area contributed by atoms with E-state index in [1.807, 2.05) is 84.6 Å². The summed E-state index contributed by atoms with van der Waals surface area (Å²) >= 11 is 0. The van der Waals surface area contributed by atoms with E-state index in [1.54, 1.807) is 11.8 Å². The molecule has 0 unspecified atom stereocenters. The average Bonchev–Trinajstić information content (AvgIpc) is 3.01. The summed E-state index contributed by atoms with van der Waals surface area (Å²) in [5, 5.41) is 0. The maximum atomic E-state index is 12.9. The first kappa shape index (κ1) is 21.6. The third-order valence-corrected chi connectivity index (χ3v) is 5.72. The van der Waals surface area contributed by atoms with Gasteiger partial charge in [0.2, 0.25) is 11.8 Å². The Morgan fingerprint density at radius 1 is 0.969 bits per heavy atom. The zero-order valence-corrected chi connectivity index (χ0v) is 18.6. The lowest BCUT2D eigenvalue weighted by Crippen LogP contribution is -2.33. The molecule has 0 fully saturated rings. The molecule has 3 aromatic rings. The molecule has 0 aromatic heterocycles. The van der Waals surface area contributed by atoms with Crippen molar-refractivity contribution in [1.82, 2.24) is 4.90 Å². The van der Waals surface area contributed by atoms with Crippen LogP contribution in [-0.2, 0) is 29.1 Å². The van der Waals surface area contributed by atoms with Crippen molar-refractivity contribution < 1.29 is 14.3 Å². The van der Waals surface area contributed by atoms with Crippen molar-refractivity contribution in [1.29, 1.82) is 0 Å². The van der Waals surface area contributed by atoms with Gasteiger partial charge in [0.1, 0.15) is 12.4 Å². The molecule has 0 saturated heterocycles. The number of carbonyl (C=O) groups excluding carboxylic acids is 2. The van der Waals surface area contributed by atoms with E-state index in [2.05, 4.69) is 0 Å². The van der Waals surface area contributed by atoms with Crippen LogP contribution in [0.3, 0.4) is 0 Å². The molecule has 164 valence electrons. The Hall–Kier alpha value is -3.60. The maximum absolute atomic E-state index is 12.9. The Balaban J connectivity index is 1.52. The molecule has 3 aromatic carbocycles. The minimum absolute atomic E-state index is 0.0142. The molecule has 1 heterocycles. The van der Waals surface area contributed by atoms with E-state index in [9.17, 15) is 9.59 Å². The van der Waals surface area contributed by atoms with Crippen LogP contribution in [0.25, 0.3) is 0 Å². The summed E-state index contributed by atoms with van der Waals surface area (Å²) in [4.78, 5) is 28.9. The minimum atomic E-state index is -0.0142. The van der Waals surface area contributed by atoms with E-state index >= 15 is 0 Å². The molecule has 2 amide bonds. The fourth-order valence-electron chi connectivity index (χ4n) is 3.93. The number of aryl methyl sites for hydroxylation is 1. The van der Waals surface area contributed by atoms with Gasteiger partial charge in [-0.1, -0.05) is 54.1 Å². The topological polar surface area (TPSA) is 49.9 Å². The molecule has 0 atom stereocenters. The fourth-order valence-corrected chi connectivity index (χ4v) is 3.93. The summed E-state index contributed by atoms with van der Waals surface area (Å²) < 4.78 is 5.91. The highest BCUT2D eigenvalue weighted by Crippen LogP contribution is 2.27. The Bertz CT molecular complexity index is 1090. The molecule has 4 rings (SSSR count). The van der Waals surface area contributed by atoms with Gasteiger partial charge in [0.25, 0.3) is 0 Å². The quantitative estimate of drug-likeness (QED) is 0.601. The van der Waals surface area contributed by atoms with Crippen LogP contribution in [0.1, 0.15) is 29.2 Å². The highest BCUT2D eigenvalue weighted by Gasteiger charge is 2.21. The second-order valence-corrected chi connectivity index (χ2v) is 8.21. The Morgan fingerprint density at radius 2 is 1.72 bits per heavy atom. The largest absolute Gasteiger partial charge is 0.491 e. The van der Waals surface area contributed by atoms with Crippen molar-refractivity contribution >= 4 is 17.5 Å². The van der Waals surface area contributed by atoms with Crippen LogP contribution in [0.5, 0.6) is 5.75 Å². The molecule has 0 N–H and O–H groups in total. The van der Waals surface area contributed by atoms with Crippen LogP contribution in [0.4, 0.5) is 5.69 Å². The lowest BCUT2D eigenvalue weighted by Gasteiger charge is -2.23. The number of hydrogen-bond donors (Lipinski definition) is 0. The number of hydrogen-bond acceptors (Lipinski definition) is 3. The van der Waals surface area contributed by atoms with Crippen molar-refractivity contribution in [2.45, 2.75) is 33.4 Å². The first-order valence-corrected chi connectivity index (χ1v) is 10.9. The summed E-state index contributed by atoms with van der Waals surface area (Å²) in [6, 6.07) is 23.7. The van der Waals surface area contributed by atoms with E-state index in [0.717, 1.165) is 33.7 Å². The average molecular weight is 429 g/mol. The lowest BCUT2D eigenvalue weighted by atomic mass is 10.1. The van der Waals surface area contributed by atoms with Crippen LogP contribution in [0.15, 0.2) is 72.8 Å². The number of anilines is 1. The van der Waals surface area contributed by atoms with E-state index < -0.39 is 0 Å². The maximum Gasteiger partial charge on any atom is 0.227 e. The molecule has 32 heavy (non-hydrogen) atoms. The molecule has 0 spiro atoms. The van der Waals surface area contributed by atoms with Crippen molar-refractivity contribution in [2.75, 3.05) is 18.1 Å². The smallest absolute Gasteiger partial charge is 0.227 e. The van der Waals surface area contributed by atoms with E-state index in [1.165, 1.54) is 0 Å². The second-order valence-electron chi connectivity index (χ2n) is 8.21. The Kier molecular flexibility index (Phi) is 6.55. The van der Waals surface area contributed by atoms with Crippen molar-refractivity contribution in [2.24, 2.45) is 0 Å². The van der Waals surface area contributed by atoms with Crippen LogP contribution < -0.4 is 9.64 Å². The van der Waals surface area contributed by atoms with Gasteiger partial charge in [0.05, 0.1) is 19.5 Å². The zero-order valence-electron chi connectivity index (χ0n) is 18.6. The number of rotatable bonds is 5. The van der Waals surface area contributed by atoms with Gasteiger partial charge < -0.3 is 14.5 Å². The van der Waals surface area contributed by atoms with Crippen LogP contribution in [0.2, 0.25) is 0 Å². The van der Waals surface area contributed by atoms with Gasteiger partial charge >= 0.3 is 0 Å². The summed E-state index contributed by atoms with van der Waals surface area (Å²) in [7, 11) is 0. The second kappa shape index (κ2) is 9.69. The molecule has 0 aliphatic carbocycles. The lowest BCUT2D eigenvalue weighted by molar-refractivity contribution is -0.131. The van der Waals surface area contributed by atoms with Crippen LogP contribution in [-0.4, -0.2) is 29.9 Å². The number of amides is 2. The Morgan fingerprint density at radius 3 is 2.44 bits per heavy atom. The van der Waals surface area contributed by atoms with Crippen LogP contribution in [0, 0.1) is 6.92 Å². The standard InChI is InChI=1S/C27H28N2O3/c1-20-8-11-25(12-9-20)29(21(2)30)18-23-10-13-26-24(16-23)19-28(14-15-32-26)27(31)17-22-6-4-3-5-7-22/h3-13,16H,14-15,17-19H2,1-2H3. The van der Waals surface area contributed by atoms with Gasteiger partial charge in [-0.05, 0) is 42.3 Å². The Labute approximate surface area is 189 Å². The minimum Gasteiger partial charge on any atom is -0.491 e. The van der Waals surface area contributed by atoms with Crippen molar-refractivity contribution in [3.8, 4) is 5.75 Å². The van der Waals surface area contributed by atoms with Gasteiger partial charge in [-0.2, -0.15) is 0 Å². The predicted octanol–water partition coefficient (Wildman–Crippen LogP) is 4.51. The van der Waals surface area contributed by atoms with E-state index in [4.69, 9.17) is 4.74 Å². The van der Waals surface area contributed by atoms with Crippen LogP contribution >= 0.6 is 0 Å². The van der Waals surface area contributed by atoms with Crippen molar-refractivity contribution in [3.05, 3.63) is 95.1 Å². The van der Waals surface area contributed by atoms with Gasteiger partial charge in [0.15, 0.2) is 0 Å². The zero-order chi connectivity index (χ0) is 22.5. The highest BCUT2D eigenvalue weighted by atomic mass is 16.5. The first-order valence-electron chi connectivity index (χ1n) is 10.9. The molecule has 1 aliphatic heterocycles. The number of fused-ring (bicyclic) bond motifs is 1. The monoisotopic (exact) mass is 428 g/mol. The van der Waals surface area contributed by atoms with Gasteiger partial charge in [-0.15, -0.1) is 0 Å². The normalized spacial score (nSPS) is 13.0. The third kappa shape index (κ3) is 5.17. The first-order chi connectivity index (χ1) is 15.5. The molecule has 0 radical (unpaired) electrons. The van der Waals surface area contributed by atoms with E-state index in [0.29, 0.717) is 32.7 Å². The number of nitrogens with zero attached hydrogens (tertiary/aromatic N) is 2. The molecular formula is C27H28N2O3. The molecule has 0 bridgehead atoms. The predicted molar refractivity (Wildman–Crippen MR) is 126 cm³/mol. The van der Waals surface area contributed by atoms with Gasteiger partial charge in [-0.25, -0.2) is 0 Å². The molecule has 1 aliphatic rings. The number of ether oxygens (including phenoxy) is 1. The van der Waals surface area contributed by atoms with Gasteiger partial charge in [-0.3, -0.25) is 9.59 Å². The summed E-state index contributed by atoms with van der Waals surface area (Å²) in [6.45, 7) is 5.59. The van der Waals surface area contributed by atoms with Crippen molar-refractivity contribution in [3.63, 3.8) is 0 Å². The summed E-state index contributed by atoms with van der Waals surface area (Å²) in [5.41, 5.74) is 5.00. The fraction of sp³-hybridized carbons (Fsp3) is 0.259. The number of benzene rings is 3. The summed E-state index contributed by atoms with van der Waals surface area (Å²) in [5.74, 6) is 0.872. The molecule has 5 nitrogen and oxygen atoms in total. The highest BCUT2D eigenvalue weighted by molar-refractivity contribution is 5.91. The molecule has 0 saturated carbocycles. The van der Waals surface area contributed by atoms with E-state index in [-0.39, 0.29) is 11.8 Å². The molecular weight excluding hydrogens is 400 g/mol. The SMILES string of the molecule is CC(=O)N(Cc1ccc2c(c1)CN(C(=O)Cc1ccccc1)CCO2)c1ccc(C)cc1. The third-order valence-electron chi connectivity index (χ3n) is 5.72. The molecule has 5 heteroatoms. The summed E-state index contributed by atoms with van der Waals surface area (Å²) in [6.07, 6.45) is 0.376. The van der Waals surface area contributed by atoms with Gasteiger partial charge in [0, 0.05) is 24.7 Å². The number of carbonyl (C=O) groups is 2.